The number of benzene rings is 2. The second-order valence-electron chi connectivity index (χ2n) is 5.13. The average molecular weight is 348 g/mol. The molecule has 0 fully saturated rings. The number of anilines is 1. The van der Waals surface area contributed by atoms with Crippen LogP contribution >= 0.6 is 0 Å². The smallest absolute Gasteiger partial charge is 0.241 e. The molecule has 0 spiro atoms. The summed E-state index contributed by atoms with van der Waals surface area (Å²) in [7, 11) is -2.24. The second-order valence-corrected chi connectivity index (χ2v) is 6.89. The molecule has 8 heteroatoms. The third-order valence-corrected chi connectivity index (χ3v) is 4.98. The molecule has 2 aromatic carbocycles. The first kappa shape index (κ1) is 16.3. The Hall–Kier alpha value is -2.58. The number of fused-ring (bicyclic) bond motifs is 1. The number of sulfonamides is 1. The van der Waals surface area contributed by atoms with E-state index in [2.05, 4.69) is 4.72 Å². The largest absolute Gasteiger partial charge is 0.454 e. The Kier molecular flexibility index (Phi) is 4.41. The van der Waals surface area contributed by atoms with E-state index in [1.165, 1.54) is 23.1 Å². The van der Waals surface area contributed by atoms with Gasteiger partial charge < -0.3 is 14.4 Å². The lowest BCUT2D eigenvalue weighted by Crippen LogP contribution is -2.38. The third kappa shape index (κ3) is 3.34. The third-order valence-electron chi connectivity index (χ3n) is 3.59. The van der Waals surface area contributed by atoms with Crippen molar-refractivity contribution in [2.75, 3.05) is 25.3 Å². The van der Waals surface area contributed by atoms with E-state index in [9.17, 15) is 13.2 Å². The number of carbonyl (C=O) groups excluding carboxylic acids is 1. The van der Waals surface area contributed by atoms with E-state index in [1.54, 1.807) is 31.3 Å². The summed E-state index contributed by atoms with van der Waals surface area (Å²) < 4.78 is 37.2. The van der Waals surface area contributed by atoms with Crippen LogP contribution in [0.3, 0.4) is 0 Å². The van der Waals surface area contributed by atoms with Gasteiger partial charge in [-0.05, 0) is 24.3 Å². The van der Waals surface area contributed by atoms with Gasteiger partial charge >= 0.3 is 0 Å². The number of hydrogen-bond acceptors (Lipinski definition) is 5. The highest BCUT2D eigenvalue weighted by molar-refractivity contribution is 7.89. The number of hydrogen-bond donors (Lipinski definition) is 1. The highest BCUT2D eigenvalue weighted by Crippen LogP contribution is 2.33. The van der Waals surface area contributed by atoms with Crippen molar-refractivity contribution in [2.24, 2.45) is 0 Å². The summed E-state index contributed by atoms with van der Waals surface area (Å²) >= 11 is 0. The van der Waals surface area contributed by atoms with Gasteiger partial charge in [0.1, 0.15) is 0 Å². The van der Waals surface area contributed by atoms with Gasteiger partial charge in [-0.3, -0.25) is 4.79 Å². The van der Waals surface area contributed by atoms with Crippen molar-refractivity contribution in [3.63, 3.8) is 0 Å². The van der Waals surface area contributed by atoms with Crippen LogP contribution in [0.1, 0.15) is 0 Å². The van der Waals surface area contributed by atoms with Crippen molar-refractivity contribution >= 4 is 21.6 Å². The van der Waals surface area contributed by atoms with E-state index in [1.807, 2.05) is 6.07 Å². The summed E-state index contributed by atoms with van der Waals surface area (Å²) in [6, 6.07) is 13.3. The van der Waals surface area contributed by atoms with Gasteiger partial charge in [0.2, 0.25) is 22.7 Å². The highest BCUT2D eigenvalue weighted by atomic mass is 32.2. The molecule has 2 aromatic rings. The number of carbonyl (C=O) groups is 1. The Morgan fingerprint density at radius 1 is 1.12 bits per heavy atom. The first-order valence-electron chi connectivity index (χ1n) is 7.18. The quantitative estimate of drug-likeness (QED) is 0.882. The fraction of sp³-hybridized carbons (Fsp3) is 0.188. The maximum atomic E-state index is 12.3. The van der Waals surface area contributed by atoms with Gasteiger partial charge in [0.25, 0.3) is 0 Å². The zero-order valence-electron chi connectivity index (χ0n) is 12.9. The minimum atomic E-state index is -3.83. The number of ether oxygens (including phenoxy) is 2. The molecular weight excluding hydrogens is 332 g/mol. The summed E-state index contributed by atoms with van der Waals surface area (Å²) in [5.41, 5.74) is 0.685. The number of para-hydroxylation sites is 1. The van der Waals surface area contributed by atoms with Crippen LogP contribution in [-0.4, -0.2) is 34.7 Å². The molecule has 0 radical (unpaired) electrons. The van der Waals surface area contributed by atoms with Gasteiger partial charge in [0.05, 0.1) is 11.4 Å². The van der Waals surface area contributed by atoms with Crippen LogP contribution in [0.5, 0.6) is 11.5 Å². The van der Waals surface area contributed by atoms with Gasteiger partial charge in [-0.15, -0.1) is 0 Å². The van der Waals surface area contributed by atoms with Crippen LogP contribution in [0.15, 0.2) is 53.4 Å². The molecule has 3 rings (SSSR count). The summed E-state index contributed by atoms with van der Waals surface area (Å²) in [5, 5.41) is 0. The van der Waals surface area contributed by atoms with Gasteiger partial charge in [0, 0.05) is 18.8 Å². The van der Waals surface area contributed by atoms with E-state index in [0.717, 1.165) is 0 Å². The van der Waals surface area contributed by atoms with E-state index >= 15 is 0 Å². The summed E-state index contributed by atoms with van der Waals surface area (Å²) in [6.07, 6.45) is 0. The monoisotopic (exact) mass is 348 g/mol. The zero-order chi connectivity index (χ0) is 17.2. The first-order valence-corrected chi connectivity index (χ1v) is 8.66. The predicted octanol–water partition coefficient (Wildman–Crippen LogP) is 1.36. The fourth-order valence-electron chi connectivity index (χ4n) is 2.20. The van der Waals surface area contributed by atoms with Gasteiger partial charge in [0.15, 0.2) is 11.5 Å². The topological polar surface area (TPSA) is 84.9 Å². The van der Waals surface area contributed by atoms with Crippen molar-refractivity contribution in [3.8, 4) is 11.5 Å². The highest BCUT2D eigenvalue weighted by Gasteiger charge is 2.21. The lowest BCUT2D eigenvalue weighted by atomic mass is 10.3. The Bertz CT molecular complexity index is 852. The lowest BCUT2D eigenvalue weighted by Gasteiger charge is -2.17. The molecule has 0 aromatic heterocycles. The summed E-state index contributed by atoms with van der Waals surface area (Å²) in [6.45, 7) is -0.283. The van der Waals surface area contributed by atoms with Crippen LogP contribution in [0.4, 0.5) is 5.69 Å². The molecule has 1 heterocycles. The van der Waals surface area contributed by atoms with Crippen LogP contribution in [0, 0.1) is 0 Å². The molecule has 7 nitrogen and oxygen atoms in total. The number of nitrogens with one attached hydrogen (secondary N) is 1. The van der Waals surface area contributed by atoms with E-state index in [-0.39, 0.29) is 24.1 Å². The van der Waals surface area contributed by atoms with E-state index < -0.39 is 10.0 Å². The molecule has 0 saturated heterocycles. The second kappa shape index (κ2) is 6.50. The molecule has 0 atom stereocenters. The molecule has 1 amide bonds. The summed E-state index contributed by atoms with van der Waals surface area (Å²) in [5.74, 6) is 0.491. The zero-order valence-corrected chi connectivity index (χ0v) is 13.7. The molecule has 0 aliphatic carbocycles. The molecule has 0 bridgehead atoms. The van der Waals surface area contributed by atoms with Gasteiger partial charge in [-0.25, -0.2) is 13.1 Å². The lowest BCUT2D eigenvalue weighted by molar-refractivity contribution is -0.117. The maximum absolute atomic E-state index is 12.3. The van der Waals surface area contributed by atoms with Crippen LogP contribution in [0.2, 0.25) is 0 Å². The van der Waals surface area contributed by atoms with Crippen molar-refractivity contribution in [1.82, 2.24) is 4.72 Å². The predicted molar refractivity (Wildman–Crippen MR) is 87.6 cm³/mol. The molecule has 0 unspecified atom stereocenters. The van der Waals surface area contributed by atoms with Gasteiger partial charge in [-0.2, -0.15) is 0 Å². The fourth-order valence-corrected chi connectivity index (χ4v) is 3.19. The number of likely N-dealkylation sites (N-methyl/N-ethyl adjacent to an activating group) is 1. The molecule has 1 aliphatic heterocycles. The van der Waals surface area contributed by atoms with Crippen LogP contribution in [0.25, 0.3) is 0 Å². The van der Waals surface area contributed by atoms with Crippen molar-refractivity contribution in [2.45, 2.75) is 4.90 Å². The number of nitrogens with zero attached hydrogens (tertiary/aromatic N) is 1. The number of amides is 1. The first-order chi connectivity index (χ1) is 11.5. The Labute approximate surface area is 139 Å². The standard InChI is InChI=1S/C16H16N2O5S/c1-18(12-5-3-2-4-6-12)16(19)10-17-24(20,21)13-7-8-14-15(9-13)23-11-22-14/h2-9,17H,10-11H2,1H3. The van der Waals surface area contributed by atoms with Crippen molar-refractivity contribution in [1.29, 1.82) is 0 Å². The Morgan fingerprint density at radius 2 is 1.83 bits per heavy atom. The Balaban J connectivity index is 1.68. The molecule has 0 saturated carbocycles. The molecule has 1 aliphatic rings. The minimum absolute atomic E-state index is 0.0157. The van der Waals surface area contributed by atoms with Crippen LogP contribution in [-0.2, 0) is 14.8 Å². The maximum Gasteiger partial charge on any atom is 0.241 e. The molecule has 24 heavy (non-hydrogen) atoms. The molecule has 1 N–H and O–H groups in total. The number of rotatable bonds is 5. The van der Waals surface area contributed by atoms with Gasteiger partial charge in [-0.1, -0.05) is 18.2 Å². The van der Waals surface area contributed by atoms with E-state index in [4.69, 9.17) is 9.47 Å². The average Bonchev–Trinajstić information content (AvgIpc) is 3.07. The van der Waals surface area contributed by atoms with Crippen molar-refractivity contribution < 1.29 is 22.7 Å². The van der Waals surface area contributed by atoms with Crippen molar-refractivity contribution in [3.05, 3.63) is 48.5 Å². The SMILES string of the molecule is CN(C(=O)CNS(=O)(=O)c1ccc2c(c1)OCO2)c1ccccc1. The minimum Gasteiger partial charge on any atom is -0.454 e. The normalized spacial score (nSPS) is 12.9. The summed E-state index contributed by atoms with van der Waals surface area (Å²) in [4.78, 5) is 13.6. The van der Waals surface area contributed by atoms with E-state index in [0.29, 0.717) is 17.2 Å². The van der Waals surface area contributed by atoms with Crippen LogP contribution < -0.4 is 19.1 Å². The Morgan fingerprint density at radius 3 is 2.58 bits per heavy atom. The molecule has 126 valence electrons. The molecular formula is C16H16N2O5S.